The van der Waals surface area contributed by atoms with Gasteiger partial charge in [-0.15, -0.1) is 0 Å². The maximum atomic E-state index is 10.6. The van der Waals surface area contributed by atoms with E-state index in [1.54, 1.807) is 18.2 Å². The highest BCUT2D eigenvalue weighted by Crippen LogP contribution is 2.31. The first kappa shape index (κ1) is 14.3. The van der Waals surface area contributed by atoms with E-state index in [4.69, 9.17) is 19.8 Å². The highest BCUT2D eigenvalue weighted by Gasteiger charge is 2.17. The number of rotatable bonds is 6. The van der Waals surface area contributed by atoms with E-state index in [2.05, 4.69) is 9.99 Å². The monoisotopic (exact) mass is 264 g/mol. The summed E-state index contributed by atoms with van der Waals surface area (Å²) in [7, 11) is 2.71. The average molecular weight is 264 g/mol. The lowest BCUT2D eigenvalue weighted by Gasteiger charge is -2.12. The average Bonchev–Trinajstić information content (AvgIpc) is 2.42. The molecule has 0 amide bonds. The molecule has 0 spiro atoms. The van der Waals surface area contributed by atoms with Gasteiger partial charge in [0.05, 0.1) is 12.7 Å². The van der Waals surface area contributed by atoms with Crippen molar-refractivity contribution in [1.82, 2.24) is 0 Å². The molecule has 0 radical (unpaired) electrons. The molecular formula is C12H12N2O5. The first-order valence-corrected chi connectivity index (χ1v) is 5.17. The number of nitrogens with zero attached hydrogens (tertiary/aromatic N) is 2. The van der Waals surface area contributed by atoms with Gasteiger partial charge in [-0.1, -0.05) is 11.2 Å². The highest BCUT2D eigenvalue weighted by atomic mass is 16.6. The van der Waals surface area contributed by atoms with Crippen LogP contribution in [0.5, 0.6) is 11.5 Å². The molecule has 1 aromatic carbocycles. The van der Waals surface area contributed by atoms with Crippen LogP contribution in [-0.2, 0) is 9.63 Å². The number of nitriles is 1. The standard InChI is InChI=1S/C12H12N2O5/c1-17-10-5-3-4-8(9(6-13)14-18-2)12(10)19-7-11(15)16/h3-5H,7H2,1-2H3,(H,15,16). The van der Waals surface area contributed by atoms with Gasteiger partial charge in [-0.05, 0) is 12.1 Å². The Labute approximate surface area is 109 Å². The smallest absolute Gasteiger partial charge is 0.341 e. The molecule has 7 heteroatoms. The first-order valence-electron chi connectivity index (χ1n) is 5.17. The third kappa shape index (κ3) is 3.61. The van der Waals surface area contributed by atoms with Gasteiger partial charge >= 0.3 is 5.97 Å². The molecule has 0 aliphatic heterocycles. The van der Waals surface area contributed by atoms with E-state index in [1.807, 2.05) is 6.07 Å². The number of para-hydroxylation sites is 1. The molecule has 7 nitrogen and oxygen atoms in total. The zero-order valence-electron chi connectivity index (χ0n) is 10.4. The summed E-state index contributed by atoms with van der Waals surface area (Å²) in [4.78, 5) is 15.1. The lowest BCUT2D eigenvalue weighted by Crippen LogP contribution is -2.13. The van der Waals surface area contributed by atoms with E-state index >= 15 is 0 Å². The summed E-state index contributed by atoms with van der Waals surface area (Å²) in [6.45, 7) is -0.556. The first-order chi connectivity index (χ1) is 9.13. The van der Waals surface area contributed by atoms with Crippen LogP contribution in [-0.4, -0.2) is 37.6 Å². The van der Waals surface area contributed by atoms with Crippen molar-refractivity contribution in [3.05, 3.63) is 23.8 Å². The van der Waals surface area contributed by atoms with E-state index in [0.29, 0.717) is 11.3 Å². The summed E-state index contributed by atoms with van der Waals surface area (Å²) in [5, 5.41) is 21.2. The molecule has 1 aromatic rings. The lowest BCUT2D eigenvalue weighted by molar-refractivity contribution is -0.139. The Bertz CT molecular complexity index is 533. The number of oxime groups is 1. The topological polar surface area (TPSA) is 101 Å². The molecule has 1 rings (SSSR count). The Morgan fingerprint density at radius 1 is 1.47 bits per heavy atom. The van der Waals surface area contributed by atoms with Crippen LogP contribution in [0, 0.1) is 11.3 Å². The van der Waals surface area contributed by atoms with E-state index in [0.717, 1.165) is 0 Å². The fourth-order valence-corrected chi connectivity index (χ4v) is 1.37. The van der Waals surface area contributed by atoms with E-state index in [1.165, 1.54) is 14.2 Å². The number of carboxylic acid groups (broad SMARTS) is 1. The molecule has 0 saturated heterocycles. The second-order valence-corrected chi connectivity index (χ2v) is 3.25. The van der Waals surface area contributed by atoms with Gasteiger partial charge in [-0.25, -0.2) is 4.79 Å². The number of aliphatic carboxylic acids is 1. The van der Waals surface area contributed by atoms with E-state index < -0.39 is 12.6 Å². The number of benzene rings is 1. The summed E-state index contributed by atoms with van der Waals surface area (Å²) in [6.07, 6.45) is 0. The zero-order chi connectivity index (χ0) is 14.3. The molecule has 0 fully saturated rings. The second-order valence-electron chi connectivity index (χ2n) is 3.25. The van der Waals surface area contributed by atoms with Gasteiger partial charge in [0, 0.05) is 0 Å². The molecule has 100 valence electrons. The predicted octanol–water partition coefficient (Wildman–Crippen LogP) is 1.03. The Balaban J connectivity index is 3.26. The van der Waals surface area contributed by atoms with Crippen molar-refractivity contribution < 1.29 is 24.2 Å². The van der Waals surface area contributed by atoms with Gasteiger partial charge in [-0.3, -0.25) is 0 Å². The summed E-state index contributed by atoms with van der Waals surface area (Å²) < 4.78 is 10.2. The van der Waals surface area contributed by atoms with Crippen LogP contribution in [0.15, 0.2) is 23.4 Å². The summed E-state index contributed by atoms with van der Waals surface area (Å²) >= 11 is 0. The fourth-order valence-electron chi connectivity index (χ4n) is 1.37. The van der Waals surface area contributed by atoms with Gasteiger partial charge in [0.25, 0.3) is 0 Å². The second kappa shape index (κ2) is 6.86. The van der Waals surface area contributed by atoms with Crippen molar-refractivity contribution in [2.75, 3.05) is 20.8 Å². The van der Waals surface area contributed by atoms with Crippen molar-refractivity contribution in [3.8, 4) is 17.6 Å². The van der Waals surface area contributed by atoms with Crippen molar-refractivity contribution >= 4 is 11.7 Å². The third-order valence-electron chi connectivity index (χ3n) is 2.08. The minimum atomic E-state index is -1.14. The Hall–Kier alpha value is -2.75. The molecule has 0 aliphatic rings. The number of carbonyl (C=O) groups is 1. The Morgan fingerprint density at radius 2 is 2.21 bits per heavy atom. The van der Waals surface area contributed by atoms with Gasteiger partial charge in [0.15, 0.2) is 23.8 Å². The van der Waals surface area contributed by atoms with Crippen LogP contribution < -0.4 is 9.47 Å². The van der Waals surface area contributed by atoms with Crippen molar-refractivity contribution in [2.24, 2.45) is 5.16 Å². The third-order valence-corrected chi connectivity index (χ3v) is 2.08. The molecule has 0 unspecified atom stereocenters. The molecule has 0 heterocycles. The minimum absolute atomic E-state index is 0.0400. The van der Waals surface area contributed by atoms with Gasteiger partial charge < -0.3 is 19.4 Å². The zero-order valence-corrected chi connectivity index (χ0v) is 10.4. The normalized spacial score (nSPS) is 10.5. The van der Waals surface area contributed by atoms with E-state index in [-0.39, 0.29) is 11.5 Å². The number of ether oxygens (including phenoxy) is 2. The molecular weight excluding hydrogens is 252 g/mol. The number of carboxylic acids is 1. The maximum absolute atomic E-state index is 10.6. The van der Waals surface area contributed by atoms with E-state index in [9.17, 15) is 4.79 Å². The van der Waals surface area contributed by atoms with Crippen molar-refractivity contribution in [2.45, 2.75) is 0 Å². The number of methoxy groups -OCH3 is 1. The Morgan fingerprint density at radius 3 is 2.74 bits per heavy atom. The minimum Gasteiger partial charge on any atom is -0.493 e. The fraction of sp³-hybridized carbons (Fsp3) is 0.250. The molecule has 0 aromatic heterocycles. The molecule has 1 N–H and O–H groups in total. The number of hydrogen-bond acceptors (Lipinski definition) is 6. The maximum Gasteiger partial charge on any atom is 0.341 e. The Kier molecular flexibility index (Phi) is 5.17. The summed E-state index contributed by atoms with van der Waals surface area (Å²) in [5.74, 6) is -0.707. The predicted molar refractivity (Wildman–Crippen MR) is 65.3 cm³/mol. The van der Waals surface area contributed by atoms with Gasteiger partial charge in [-0.2, -0.15) is 5.26 Å². The lowest BCUT2D eigenvalue weighted by atomic mass is 10.1. The van der Waals surface area contributed by atoms with Crippen LogP contribution >= 0.6 is 0 Å². The largest absolute Gasteiger partial charge is 0.493 e. The van der Waals surface area contributed by atoms with Crippen LogP contribution in [0.2, 0.25) is 0 Å². The molecule has 0 bridgehead atoms. The SMILES string of the molecule is CON=C(C#N)c1cccc(OC)c1OCC(=O)O. The van der Waals surface area contributed by atoms with Crippen LogP contribution in [0.1, 0.15) is 5.56 Å². The quantitative estimate of drug-likeness (QED) is 0.608. The van der Waals surface area contributed by atoms with Crippen molar-refractivity contribution in [1.29, 1.82) is 5.26 Å². The van der Waals surface area contributed by atoms with Crippen LogP contribution in [0.25, 0.3) is 0 Å². The highest BCUT2D eigenvalue weighted by molar-refractivity contribution is 6.13. The molecule has 0 atom stereocenters. The van der Waals surface area contributed by atoms with Gasteiger partial charge in [0.2, 0.25) is 0 Å². The van der Waals surface area contributed by atoms with Crippen LogP contribution in [0.4, 0.5) is 0 Å². The number of hydrogen-bond donors (Lipinski definition) is 1. The summed E-state index contributed by atoms with van der Waals surface area (Å²) in [5.41, 5.74) is 0.256. The van der Waals surface area contributed by atoms with Gasteiger partial charge in [0.1, 0.15) is 13.2 Å². The summed E-state index contributed by atoms with van der Waals surface area (Å²) in [6, 6.07) is 6.61. The molecule has 0 aliphatic carbocycles. The molecule has 0 saturated carbocycles. The van der Waals surface area contributed by atoms with Crippen LogP contribution in [0.3, 0.4) is 0 Å². The molecule has 19 heavy (non-hydrogen) atoms. The van der Waals surface area contributed by atoms with Crippen molar-refractivity contribution in [3.63, 3.8) is 0 Å².